The van der Waals surface area contributed by atoms with E-state index in [0.29, 0.717) is 12.3 Å². The van der Waals surface area contributed by atoms with E-state index in [1.165, 1.54) is 11.1 Å². The lowest BCUT2D eigenvalue weighted by Crippen LogP contribution is -2.40. The fraction of sp³-hybridized carbons (Fsp3) is 0.500. The van der Waals surface area contributed by atoms with Gasteiger partial charge < -0.3 is 4.90 Å². The SMILES string of the molecule is Cc1ccc(CC2CCN(C(=O)Cc3cnnn3C)CC2)cc1. The fourth-order valence-corrected chi connectivity index (χ4v) is 3.18. The molecule has 1 amide bonds. The molecule has 23 heavy (non-hydrogen) atoms. The van der Waals surface area contributed by atoms with E-state index < -0.39 is 0 Å². The van der Waals surface area contributed by atoms with Crippen molar-refractivity contribution in [2.45, 2.75) is 32.6 Å². The average molecular weight is 312 g/mol. The van der Waals surface area contributed by atoms with E-state index in [2.05, 4.69) is 41.5 Å². The molecule has 1 aliphatic heterocycles. The van der Waals surface area contributed by atoms with Crippen molar-refractivity contribution in [2.24, 2.45) is 13.0 Å². The highest BCUT2D eigenvalue weighted by Crippen LogP contribution is 2.22. The van der Waals surface area contributed by atoms with E-state index in [-0.39, 0.29) is 5.91 Å². The number of hydrogen-bond donors (Lipinski definition) is 0. The lowest BCUT2D eigenvalue weighted by Gasteiger charge is -2.32. The van der Waals surface area contributed by atoms with Gasteiger partial charge in [0.15, 0.2) is 0 Å². The number of piperidine rings is 1. The summed E-state index contributed by atoms with van der Waals surface area (Å²) in [6.45, 7) is 3.84. The van der Waals surface area contributed by atoms with Crippen LogP contribution in [0.1, 0.15) is 29.7 Å². The van der Waals surface area contributed by atoms with Gasteiger partial charge in [0, 0.05) is 20.1 Å². The second-order valence-corrected chi connectivity index (χ2v) is 6.54. The molecule has 1 fully saturated rings. The zero-order chi connectivity index (χ0) is 16.2. The third-order valence-electron chi connectivity index (χ3n) is 4.75. The van der Waals surface area contributed by atoms with Gasteiger partial charge in [0.2, 0.25) is 5.91 Å². The Kier molecular flexibility index (Phi) is 4.74. The van der Waals surface area contributed by atoms with Crippen molar-refractivity contribution in [3.8, 4) is 0 Å². The number of aryl methyl sites for hydroxylation is 2. The first-order valence-corrected chi connectivity index (χ1v) is 8.28. The molecule has 0 radical (unpaired) electrons. The maximum absolute atomic E-state index is 12.4. The second kappa shape index (κ2) is 6.94. The molecule has 1 saturated heterocycles. The van der Waals surface area contributed by atoms with Crippen molar-refractivity contribution < 1.29 is 4.79 Å². The van der Waals surface area contributed by atoms with Gasteiger partial charge in [-0.05, 0) is 37.7 Å². The number of likely N-dealkylation sites (tertiary alicyclic amines) is 1. The van der Waals surface area contributed by atoms with Crippen LogP contribution < -0.4 is 0 Å². The van der Waals surface area contributed by atoms with Gasteiger partial charge in [0.1, 0.15) is 0 Å². The molecule has 1 aliphatic rings. The quantitative estimate of drug-likeness (QED) is 0.869. The summed E-state index contributed by atoms with van der Waals surface area (Å²) >= 11 is 0. The van der Waals surface area contributed by atoms with Crippen LogP contribution in [0.2, 0.25) is 0 Å². The Labute approximate surface area is 137 Å². The first-order valence-electron chi connectivity index (χ1n) is 8.28. The lowest BCUT2D eigenvalue weighted by atomic mass is 9.90. The van der Waals surface area contributed by atoms with Crippen LogP contribution >= 0.6 is 0 Å². The van der Waals surface area contributed by atoms with Gasteiger partial charge in [-0.25, -0.2) is 0 Å². The Morgan fingerprint density at radius 2 is 1.91 bits per heavy atom. The van der Waals surface area contributed by atoms with Crippen LogP contribution in [0.5, 0.6) is 0 Å². The molecule has 0 unspecified atom stereocenters. The van der Waals surface area contributed by atoms with Crippen molar-refractivity contribution in [1.29, 1.82) is 0 Å². The number of hydrogen-bond acceptors (Lipinski definition) is 3. The third kappa shape index (κ3) is 3.97. The molecule has 0 bridgehead atoms. The van der Waals surface area contributed by atoms with Crippen molar-refractivity contribution in [2.75, 3.05) is 13.1 Å². The number of nitrogens with zero attached hydrogens (tertiary/aromatic N) is 4. The first kappa shape index (κ1) is 15.7. The molecule has 5 nitrogen and oxygen atoms in total. The number of rotatable bonds is 4. The number of amides is 1. The summed E-state index contributed by atoms with van der Waals surface area (Å²) in [5.74, 6) is 0.865. The minimum absolute atomic E-state index is 0.184. The predicted octanol–water partition coefficient (Wildman–Crippen LogP) is 2.15. The molecule has 5 heteroatoms. The number of carbonyl (C=O) groups is 1. The molecule has 0 aliphatic carbocycles. The second-order valence-electron chi connectivity index (χ2n) is 6.54. The van der Waals surface area contributed by atoms with Crippen LogP contribution in [-0.2, 0) is 24.7 Å². The Morgan fingerprint density at radius 1 is 1.22 bits per heavy atom. The van der Waals surface area contributed by atoms with Crippen molar-refractivity contribution in [1.82, 2.24) is 19.9 Å². The van der Waals surface area contributed by atoms with Crippen LogP contribution in [-0.4, -0.2) is 38.9 Å². The highest BCUT2D eigenvalue weighted by Gasteiger charge is 2.23. The summed E-state index contributed by atoms with van der Waals surface area (Å²) in [6, 6.07) is 8.80. The summed E-state index contributed by atoms with van der Waals surface area (Å²) in [7, 11) is 1.82. The summed E-state index contributed by atoms with van der Waals surface area (Å²) in [6.07, 6.45) is 5.36. The largest absolute Gasteiger partial charge is 0.342 e. The van der Waals surface area contributed by atoms with Crippen molar-refractivity contribution in [3.05, 3.63) is 47.3 Å². The molecule has 2 aromatic rings. The van der Waals surface area contributed by atoms with E-state index in [1.807, 2.05) is 11.9 Å². The van der Waals surface area contributed by atoms with Crippen molar-refractivity contribution >= 4 is 5.91 Å². The normalized spacial score (nSPS) is 15.8. The Morgan fingerprint density at radius 3 is 2.52 bits per heavy atom. The van der Waals surface area contributed by atoms with Gasteiger partial charge in [-0.2, -0.15) is 0 Å². The fourth-order valence-electron chi connectivity index (χ4n) is 3.18. The maximum atomic E-state index is 12.4. The lowest BCUT2D eigenvalue weighted by molar-refractivity contribution is -0.131. The van der Waals surface area contributed by atoms with E-state index in [0.717, 1.165) is 38.0 Å². The summed E-state index contributed by atoms with van der Waals surface area (Å²) in [5.41, 5.74) is 3.58. The molecule has 0 spiro atoms. The van der Waals surface area contributed by atoms with Crippen LogP contribution in [0, 0.1) is 12.8 Å². The molecule has 3 rings (SSSR count). The van der Waals surface area contributed by atoms with Crippen LogP contribution in [0.15, 0.2) is 30.5 Å². The minimum Gasteiger partial charge on any atom is -0.342 e. The van der Waals surface area contributed by atoms with Gasteiger partial charge >= 0.3 is 0 Å². The average Bonchev–Trinajstić information content (AvgIpc) is 2.95. The smallest absolute Gasteiger partial charge is 0.228 e. The number of aromatic nitrogens is 3. The summed E-state index contributed by atoms with van der Waals surface area (Å²) < 4.78 is 1.67. The molecule has 2 heterocycles. The molecular formula is C18H24N4O. The van der Waals surface area contributed by atoms with Crippen LogP contribution in [0.3, 0.4) is 0 Å². The Balaban J connectivity index is 1.49. The molecule has 0 N–H and O–H groups in total. The monoisotopic (exact) mass is 312 g/mol. The van der Waals surface area contributed by atoms with Crippen LogP contribution in [0.4, 0.5) is 0 Å². The number of carbonyl (C=O) groups excluding carboxylic acids is 1. The van der Waals surface area contributed by atoms with E-state index in [4.69, 9.17) is 0 Å². The highest BCUT2D eigenvalue weighted by atomic mass is 16.2. The highest BCUT2D eigenvalue weighted by molar-refractivity contribution is 5.78. The molecule has 122 valence electrons. The Hall–Kier alpha value is -2.17. The zero-order valence-corrected chi connectivity index (χ0v) is 13.9. The third-order valence-corrected chi connectivity index (χ3v) is 4.75. The molecule has 0 atom stereocenters. The predicted molar refractivity (Wildman–Crippen MR) is 88.9 cm³/mol. The van der Waals surface area contributed by atoms with Gasteiger partial charge in [-0.3, -0.25) is 9.48 Å². The molecule has 1 aromatic carbocycles. The molecular weight excluding hydrogens is 288 g/mol. The van der Waals surface area contributed by atoms with E-state index in [1.54, 1.807) is 10.9 Å². The van der Waals surface area contributed by atoms with Crippen molar-refractivity contribution in [3.63, 3.8) is 0 Å². The molecule has 0 saturated carbocycles. The van der Waals surface area contributed by atoms with Gasteiger partial charge in [0.05, 0.1) is 18.3 Å². The molecule has 1 aromatic heterocycles. The van der Waals surface area contributed by atoms with Gasteiger partial charge in [-0.1, -0.05) is 35.0 Å². The maximum Gasteiger partial charge on any atom is 0.228 e. The van der Waals surface area contributed by atoms with Gasteiger partial charge in [0.25, 0.3) is 0 Å². The summed E-state index contributed by atoms with van der Waals surface area (Å²) in [5, 5.41) is 7.70. The number of benzene rings is 1. The standard InChI is InChI=1S/C18H24N4O/c1-14-3-5-15(6-4-14)11-16-7-9-22(10-8-16)18(23)12-17-13-19-20-21(17)2/h3-6,13,16H,7-12H2,1-2H3. The van der Waals surface area contributed by atoms with Crippen LogP contribution in [0.25, 0.3) is 0 Å². The van der Waals surface area contributed by atoms with E-state index in [9.17, 15) is 4.79 Å². The first-order chi connectivity index (χ1) is 11.1. The minimum atomic E-state index is 0.184. The van der Waals surface area contributed by atoms with E-state index >= 15 is 0 Å². The Bertz CT molecular complexity index is 654. The van der Waals surface area contributed by atoms with Gasteiger partial charge in [-0.15, -0.1) is 5.10 Å². The topological polar surface area (TPSA) is 51.0 Å². The zero-order valence-electron chi connectivity index (χ0n) is 13.9. The summed E-state index contributed by atoms with van der Waals surface area (Å²) in [4.78, 5) is 14.4.